The van der Waals surface area contributed by atoms with Gasteiger partial charge in [-0.2, -0.15) is 0 Å². The number of carbonyl (C=O) groups is 2. The van der Waals surface area contributed by atoms with E-state index in [9.17, 15) is 23.1 Å². The SMILES string of the molecule is C=CCOc1ccc(C2/C(=C(/O)c3ccc(S(=O)(=O)N(C)C)cc3)C(=O)C(=O)N2CCOC)cc1. The van der Waals surface area contributed by atoms with Gasteiger partial charge in [-0.25, -0.2) is 12.7 Å². The summed E-state index contributed by atoms with van der Waals surface area (Å²) in [6.07, 6.45) is 1.61. The zero-order valence-corrected chi connectivity index (χ0v) is 20.6. The Balaban J connectivity index is 2.08. The molecule has 1 aliphatic rings. The average molecular weight is 501 g/mol. The number of aliphatic hydroxyl groups is 1. The summed E-state index contributed by atoms with van der Waals surface area (Å²) in [4.78, 5) is 27.3. The van der Waals surface area contributed by atoms with Crippen molar-refractivity contribution >= 4 is 27.5 Å². The van der Waals surface area contributed by atoms with Gasteiger partial charge in [0.2, 0.25) is 10.0 Å². The Hall–Kier alpha value is -3.47. The van der Waals surface area contributed by atoms with E-state index in [1.165, 1.54) is 50.4 Å². The van der Waals surface area contributed by atoms with E-state index in [2.05, 4.69) is 6.58 Å². The second kappa shape index (κ2) is 10.9. The Morgan fingerprint density at radius 2 is 1.74 bits per heavy atom. The highest BCUT2D eigenvalue weighted by Crippen LogP contribution is 2.39. The van der Waals surface area contributed by atoms with Crippen LogP contribution in [0.25, 0.3) is 5.76 Å². The summed E-state index contributed by atoms with van der Waals surface area (Å²) in [5.41, 5.74) is 0.720. The number of amides is 1. The van der Waals surface area contributed by atoms with Crippen LogP contribution in [0.4, 0.5) is 0 Å². The average Bonchev–Trinajstić information content (AvgIpc) is 3.10. The largest absolute Gasteiger partial charge is 0.507 e. The molecule has 1 saturated heterocycles. The van der Waals surface area contributed by atoms with Gasteiger partial charge in [-0.05, 0) is 42.0 Å². The molecule has 186 valence electrons. The molecular formula is C25H28N2O7S. The zero-order chi connectivity index (χ0) is 25.8. The van der Waals surface area contributed by atoms with Crippen molar-refractivity contribution in [3.63, 3.8) is 0 Å². The maximum absolute atomic E-state index is 13.0. The molecule has 0 aliphatic carbocycles. The standard InChI is InChI=1S/C25H28N2O7S/c1-5-15-34-19-10-6-17(7-11-19)22-21(24(29)25(30)27(22)14-16-33-4)23(28)18-8-12-20(13-9-18)35(31,32)26(2)3/h5-13,22,28H,1,14-16H2,2-4H3/b23-21-. The number of nitrogens with zero attached hydrogens (tertiary/aromatic N) is 2. The Kier molecular flexibility index (Phi) is 8.11. The van der Waals surface area contributed by atoms with Gasteiger partial charge in [0.1, 0.15) is 18.1 Å². The number of benzene rings is 2. The lowest BCUT2D eigenvalue weighted by Gasteiger charge is -2.25. The second-order valence-electron chi connectivity index (χ2n) is 7.97. The van der Waals surface area contributed by atoms with Crippen molar-refractivity contribution in [2.75, 3.05) is 41.0 Å². The van der Waals surface area contributed by atoms with Crippen LogP contribution >= 0.6 is 0 Å². The maximum Gasteiger partial charge on any atom is 0.295 e. The van der Waals surface area contributed by atoms with E-state index in [0.717, 1.165) is 4.31 Å². The third-order valence-corrected chi connectivity index (χ3v) is 7.38. The van der Waals surface area contributed by atoms with Crippen molar-refractivity contribution in [1.82, 2.24) is 9.21 Å². The minimum absolute atomic E-state index is 0.0336. The lowest BCUT2D eigenvalue weighted by atomic mass is 9.95. The predicted octanol–water partition coefficient (Wildman–Crippen LogP) is 2.57. The number of carbonyl (C=O) groups excluding carboxylic acids is 2. The predicted molar refractivity (Wildman–Crippen MR) is 130 cm³/mol. The van der Waals surface area contributed by atoms with E-state index in [1.54, 1.807) is 30.3 Å². The molecule has 2 aromatic rings. The summed E-state index contributed by atoms with van der Waals surface area (Å²) >= 11 is 0. The van der Waals surface area contributed by atoms with Gasteiger partial charge in [-0.3, -0.25) is 9.59 Å². The molecule has 1 heterocycles. The fourth-order valence-electron chi connectivity index (χ4n) is 3.70. The molecule has 1 atom stereocenters. The van der Waals surface area contributed by atoms with Crippen LogP contribution in [0.2, 0.25) is 0 Å². The van der Waals surface area contributed by atoms with Crippen LogP contribution in [0.3, 0.4) is 0 Å². The maximum atomic E-state index is 13.0. The van der Waals surface area contributed by atoms with Crippen LogP contribution in [0.15, 0.2) is 71.7 Å². The first-order valence-electron chi connectivity index (χ1n) is 10.8. The molecule has 0 radical (unpaired) electrons. The summed E-state index contributed by atoms with van der Waals surface area (Å²) in [5.74, 6) is -1.40. The topological polar surface area (TPSA) is 113 Å². The van der Waals surface area contributed by atoms with E-state index < -0.39 is 33.5 Å². The summed E-state index contributed by atoms with van der Waals surface area (Å²) < 4.78 is 36.4. The van der Waals surface area contributed by atoms with Crippen LogP contribution in [0, 0.1) is 0 Å². The fourth-order valence-corrected chi connectivity index (χ4v) is 4.60. The van der Waals surface area contributed by atoms with Crippen molar-refractivity contribution < 1.29 is 32.6 Å². The molecule has 0 aromatic heterocycles. The summed E-state index contributed by atoms with van der Waals surface area (Å²) in [7, 11) is 0.650. The van der Waals surface area contributed by atoms with E-state index in [-0.39, 0.29) is 29.2 Å². The van der Waals surface area contributed by atoms with E-state index in [1.807, 2.05) is 0 Å². The fraction of sp³-hybridized carbons (Fsp3) is 0.280. The number of sulfonamides is 1. The van der Waals surface area contributed by atoms with Crippen LogP contribution < -0.4 is 4.74 Å². The molecule has 3 rings (SSSR count). The Morgan fingerprint density at radius 1 is 1.11 bits per heavy atom. The third-order valence-electron chi connectivity index (χ3n) is 5.55. The third kappa shape index (κ3) is 5.29. The molecule has 9 nitrogen and oxygen atoms in total. The number of likely N-dealkylation sites (tertiary alicyclic amines) is 1. The van der Waals surface area contributed by atoms with Crippen LogP contribution in [0.5, 0.6) is 5.75 Å². The van der Waals surface area contributed by atoms with Gasteiger partial charge in [-0.15, -0.1) is 0 Å². The highest BCUT2D eigenvalue weighted by atomic mass is 32.2. The Bertz CT molecular complexity index is 1230. The lowest BCUT2D eigenvalue weighted by molar-refractivity contribution is -0.140. The quantitative estimate of drug-likeness (QED) is 0.231. The summed E-state index contributed by atoms with van der Waals surface area (Å²) in [6, 6.07) is 11.5. The number of rotatable bonds is 10. The number of ether oxygens (including phenoxy) is 2. The molecule has 1 unspecified atom stereocenters. The van der Waals surface area contributed by atoms with Gasteiger partial charge in [0.15, 0.2) is 0 Å². The Labute approximate surface area is 204 Å². The number of methoxy groups -OCH3 is 1. The molecule has 1 aliphatic heterocycles. The molecule has 1 N–H and O–H groups in total. The first-order chi connectivity index (χ1) is 16.6. The van der Waals surface area contributed by atoms with Gasteiger partial charge >= 0.3 is 0 Å². The number of aliphatic hydroxyl groups excluding tert-OH is 1. The molecule has 2 aromatic carbocycles. The van der Waals surface area contributed by atoms with Gasteiger partial charge in [0, 0.05) is 33.3 Å². The second-order valence-corrected chi connectivity index (χ2v) is 10.1. The molecule has 10 heteroatoms. The summed E-state index contributed by atoms with van der Waals surface area (Å²) in [6.45, 7) is 4.27. The van der Waals surface area contributed by atoms with Crippen molar-refractivity contribution in [1.29, 1.82) is 0 Å². The molecule has 0 saturated carbocycles. The summed E-state index contributed by atoms with van der Waals surface area (Å²) in [5, 5.41) is 11.1. The smallest absolute Gasteiger partial charge is 0.295 e. The van der Waals surface area contributed by atoms with Gasteiger partial charge in [-0.1, -0.05) is 24.8 Å². The molecule has 1 fully saturated rings. The number of hydrogen-bond acceptors (Lipinski definition) is 7. The molecule has 0 spiro atoms. The van der Waals surface area contributed by atoms with Crippen LogP contribution in [-0.2, 0) is 24.3 Å². The monoisotopic (exact) mass is 500 g/mol. The van der Waals surface area contributed by atoms with Gasteiger partial charge in [0.25, 0.3) is 11.7 Å². The molecular weight excluding hydrogens is 472 g/mol. The van der Waals surface area contributed by atoms with Gasteiger partial charge in [0.05, 0.1) is 23.1 Å². The van der Waals surface area contributed by atoms with Crippen molar-refractivity contribution in [2.24, 2.45) is 0 Å². The molecule has 1 amide bonds. The molecule has 35 heavy (non-hydrogen) atoms. The van der Waals surface area contributed by atoms with Crippen molar-refractivity contribution in [3.05, 3.63) is 77.9 Å². The number of hydrogen-bond donors (Lipinski definition) is 1. The zero-order valence-electron chi connectivity index (χ0n) is 19.8. The van der Waals surface area contributed by atoms with Crippen molar-refractivity contribution in [2.45, 2.75) is 10.9 Å². The van der Waals surface area contributed by atoms with E-state index >= 15 is 0 Å². The van der Waals surface area contributed by atoms with Crippen molar-refractivity contribution in [3.8, 4) is 5.75 Å². The highest BCUT2D eigenvalue weighted by molar-refractivity contribution is 7.89. The number of ketones is 1. The van der Waals surface area contributed by atoms with Crippen LogP contribution in [0.1, 0.15) is 17.2 Å². The molecule has 0 bridgehead atoms. The highest BCUT2D eigenvalue weighted by Gasteiger charge is 2.45. The minimum Gasteiger partial charge on any atom is -0.507 e. The normalized spacial score (nSPS) is 17.7. The van der Waals surface area contributed by atoms with E-state index in [0.29, 0.717) is 17.9 Å². The minimum atomic E-state index is -3.67. The van der Waals surface area contributed by atoms with Crippen LogP contribution in [-0.4, -0.2) is 75.4 Å². The Morgan fingerprint density at radius 3 is 2.29 bits per heavy atom. The lowest BCUT2D eigenvalue weighted by Crippen LogP contribution is -2.32. The van der Waals surface area contributed by atoms with E-state index in [4.69, 9.17) is 9.47 Å². The first-order valence-corrected chi connectivity index (χ1v) is 12.2. The van der Waals surface area contributed by atoms with Gasteiger partial charge < -0.3 is 19.5 Å². The number of Topliss-reactive ketones (excluding diaryl/α,β-unsaturated/α-hetero) is 1. The first kappa shape index (κ1) is 26.1.